The minimum absolute atomic E-state index is 0.137. The topological polar surface area (TPSA) is 98.5 Å². The number of aryl methyl sites for hydroxylation is 3. The molecule has 8 nitrogen and oxygen atoms in total. The Labute approximate surface area is 143 Å². The van der Waals surface area contributed by atoms with Crippen LogP contribution in [-0.4, -0.2) is 38.1 Å². The average Bonchev–Trinajstić information content (AvgIpc) is 3.02. The molecule has 0 radical (unpaired) electrons. The Balaban J connectivity index is 1.65. The summed E-state index contributed by atoms with van der Waals surface area (Å²) in [5.41, 5.74) is 3.37. The molecule has 0 fully saturated rings. The molecule has 0 unspecified atom stereocenters. The van der Waals surface area contributed by atoms with Gasteiger partial charge >= 0.3 is 5.97 Å². The summed E-state index contributed by atoms with van der Waals surface area (Å²) in [7, 11) is 0. The van der Waals surface area contributed by atoms with Crippen molar-refractivity contribution < 1.29 is 14.3 Å². The first-order chi connectivity index (χ1) is 12.0. The van der Waals surface area contributed by atoms with Crippen LogP contribution in [0.25, 0.3) is 5.78 Å². The Bertz CT molecular complexity index is 944. The van der Waals surface area contributed by atoms with Gasteiger partial charge in [-0.05, 0) is 38.0 Å². The van der Waals surface area contributed by atoms with Gasteiger partial charge < -0.3 is 10.1 Å². The number of esters is 1. The highest BCUT2D eigenvalue weighted by atomic mass is 16.5. The van der Waals surface area contributed by atoms with Crippen LogP contribution in [0.5, 0.6) is 0 Å². The predicted molar refractivity (Wildman–Crippen MR) is 90.3 cm³/mol. The molecule has 0 aliphatic carbocycles. The monoisotopic (exact) mass is 339 g/mol. The van der Waals surface area contributed by atoms with Gasteiger partial charge in [-0.2, -0.15) is 4.98 Å². The van der Waals surface area contributed by atoms with E-state index in [2.05, 4.69) is 20.4 Å². The number of amides is 1. The molecule has 2 heterocycles. The quantitative estimate of drug-likeness (QED) is 0.728. The molecule has 0 saturated carbocycles. The van der Waals surface area contributed by atoms with Crippen molar-refractivity contribution in [1.82, 2.24) is 19.6 Å². The van der Waals surface area contributed by atoms with E-state index in [0.29, 0.717) is 11.5 Å². The number of nitrogens with one attached hydrogen (secondary N) is 1. The molecule has 0 bridgehead atoms. The number of nitrogens with zero attached hydrogens (tertiary/aromatic N) is 4. The van der Waals surface area contributed by atoms with Crippen molar-refractivity contribution in [2.75, 3.05) is 11.9 Å². The van der Waals surface area contributed by atoms with Crippen LogP contribution in [0.15, 0.2) is 30.5 Å². The molecule has 3 rings (SSSR count). The van der Waals surface area contributed by atoms with E-state index in [1.165, 1.54) is 4.52 Å². The first kappa shape index (κ1) is 16.6. The summed E-state index contributed by atoms with van der Waals surface area (Å²) < 4.78 is 6.43. The second kappa shape index (κ2) is 6.68. The number of anilines is 1. The number of carbonyl (C=O) groups is 2. The Kier molecular flexibility index (Phi) is 4.42. The first-order valence-corrected chi connectivity index (χ1v) is 7.67. The van der Waals surface area contributed by atoms with Gasteiger partial charge in [0.05, 0.1) is 0 Å². The zero-order chi connectivity index (χ0) is 18.0. The largest absolute Gasteiger partial charge is 0.450 e. The number of rotatable bonds is 4. The van der Waals surface area contributed by atoms with Gasteiger partial charge in [0.25, 0.3) is 17.5 Å². The number of para-hydroxylation sites is 1. The van der Waals surface area contributed by atoms with Crippen LogP contribution in [0, 0.1) is 20.8 Å². The lowest BCUT2D eigenvalue weighted by Gasteiger charge is -2.11. The highest BCUT2D eigenvalue weighted by Crippen LogP contribution is 2.19. The Hall–Kier alpha value is -3.29. The predicted octanol–water partition coefficient (Wildman–Crippen LogP) is 1.85. The number of carbonyl (C=O) groups excluding carboxylic acids is 2. The van der Waals surface area contributed by atoms with E-state index in [-0.39, 0.29) is 5.82 Å². The molecule has 0 atom stereocenters. The summed E-state index contributed by atoms with van der Waals surface area (Å²) in [6.07, 6.45) is 1.58. The van der Waals surface area contributed by atoms with Gasteiger partial charge in [-0.25, -0.2) is 14.3 Å². The number of fused-ring (bicyclic) bond motifs is 1. The zero-order valence-corrected chi connectivity index (χ0v) is 14.1. The van der Waals surface area contributed by atoms with Crippen LogP contribution >= 0.6 is 0 Å². The maximum absolute atomic E-state index is 12.0. The van der Waals surface area contributed by atoms with Gasteiger partial charge in [0, 0.05) is 17.6 Å². The third-order valence-electron chi connectivity index (χ3n) is 3.69. The van der Waals surface area contributed by atoms with Crippen molar-refractivity contribution in [3.8, 4) is 0 Å². The van der Waals surface area contributed by atoms with Crippen molar-refractivity contribution in [1.29, 1.82) is 0 Å². The lowest BCUT2D eigenvalue weighted by Crippen LogP contribution is -2.22. The van der Waals surface area contributed by atoms with Gasteiger partial charge in [-0.15, -0.1) is 5.10 Å². The lowest BCUT2D eigenvalue weighted by molar-refractivity contribution is -0.119. The van der Waals surface area contributed by atoms with Crippen molar-refractivity contribution >= 4 is 23.3 Å². The summed E-state index contributed by atoms with van der Waals surface area (Å²) in [5.74, 6) is -1.04. The maximum Gasteiger partial charge on any atom is 0.378 e. The SMILES string of the molecule is Cc1cccc(C)c1NC(=O)COC(=O)c1nc2nccc(C)n2n1. The van der Waals surface area contributed by atoms with E-state index >= 15 is 0 Å². The van der Waals surface area contributed by atoms with E-state index in [1.807, 2.05) is 39.0 Å². The Morgan fingerprint density at radius 2 is 1.88 bits per heavy atom. The Morgan fingerprint density at radius 1 is 1.16 bits per heavy atom. The number of hydrogen-bond donors (Lipinski definition) is 1. The molecule has 1 aromatic carbocycles. The van der Waals surface area contributed by atoms with Gasteiger partial charge in [-0.3, -0.25) is 4.79 Å². The van der Waals surface area contributed by atoms with E-state index in [1.54, 1.807) is 12.3 Å². The summed E-state index contributed by atoms with van der Waals surface area (Å²) in [4.78, 5) is 32.1. The van der Waals surface area contributed by atoms with Gasteiger partial charge in [0.15, 0.2) is 6.61 Å². The molecule has 3 aromatic rings. The van der Waals surface area contributed by atoms with E-state index in [0.717, 1.165) is 16.8 Å². The van der Waals surface area contributed by atoms with Crippen molar-refractivity contribution in [2.45, 2.75) is 20.8 Å². The van der Waals surface area contributed by atoms with Gasteiger partial charge in [0.1, 0.15) is 0 Å². The Morgan fingerprint density at radius 3 is 2.56 bits per heavy atom. The van der Waals surface area contributed by atoms with Crippen LogP contribution in [-0.2, 0) is 9.53 Å². The fourth-order valence-corrected chi connectivity index (χ4v) is 2.38. The number of aromatic nitrogens is 4. The second-order valence-corrected chi connectivity index (χ2v) is 5.62. The molecule has 1 amide bonds. The zero-order valence-electron chi connectivity index (χ0n) is 14.1. The molecule has 1 N–H and O–H groups in total. The fraction of sp³-hybridized carbons (Fsp3) is 0.235. The van der Waals surface area contributed by atoms with E-state index in [4.69, 9.17) is 4.74 Å². The lowest BCUT2D eigenvalue weighted by atomic mass is 10.1. The molecule has 0 aliphatic heterocycles. The highest BCUT2D eigenvalue weighted by Gasteiger charge is 2.17. The third kappa shape index (κ3) is 3.47. The fourth-order valence-electron chi connectivity index (χ4n) is 2.38. The standard InChI is InChI=1S/C17H17N5O3/c1-10-5-4-6-11(2)14(10)19-13(23)9-25-16(24)15-20-17-18-8-7-12(3)22(17)21-15/h4-8H,9H2,1-3H3,(H,19,23). The van der Waals surface area contributed by atoms with Crippen LogP contribution < -0.4 is 5.32 Å². The summed E-state index contributed by atoms with van der Waals surface area (Å²) in [6, 6.07) is 7.44. The summed E-state index contributed by atoms with van der Waals surface area (Å²) in [5, 5.41) is 6.79. The third-order valence-corrected chi connectivity index (χ3v) is 3.69. The first-order valence-electron chi connectivity index (χ1n) is 7.67. The average molecular weight is 339 g/mol. The molecular weight excluding hydrogens is 322 g/mol. The molecule has 2 aromatic heterocycles. The van der Waals surface area contributed by atoms with E-state index < -0.39 is 18.5 Å². The van der Waals surface area contributed by atoms with Crippen LogP contribution in [0.2, 0.25) is 0 Å². The van der Waals surface area contributed by atoms with Crippen molar-refractivity contribution in [2.24, 2.45) is 0 Å². The summed E-state index contributed by atoms with van der Waals surface area (Å²) >= 11 is 0. The maximum atomic E-state index is 12.0. The second-order valence-electron chi connectivity index (χ2n) is 5.62. The minimum atomic E-state index is -0.776. The molecule has 0 aliphatic rings. The van der Waals surface area contributed by atoms with E-state index in [9.17, 15) is 9.59 Å². The molecule has 0 saturated heterocycles. The smallest absolute Gasteiger partial charge is 0.378 e. The summed E-state index contributed by atoms with van der Waals surface area (Å²) in [6.45, 7) is 5.18. The number of benzene rings is 1. The van der Waals surface area contributed by atoms with Gasteiger partial charge in [0.2, 0.25) is 0 Å². The van der Waals surface area contributed by atoms with Gasteiger partial charge in [-0.1, -0.05) is 18.2 Å². The van der Waals surface area contributed by atoms with Crippen molar-refractivity contribution in [3.63, 3.8) is 0 Å². The normalized spacial score (nSPS) is 10.7. The van der Waals surface area contributed by atoms with Crippen molar-refractivity contribution in [3.05, 3.63) is 53.1 Å². The molecule has 25 heavy (non-hydrogen) atoms. The molecule has 128 valence electrons. The minimum Gasteiger partial charge on any atom is -0.450 e. The molecule has 8 heteroatoms. The van der Waals surface area contributed by atoms with Crippen LogP contribution in [0.4, 0.5) is 5.69 Å². The number of hydrogen-bond acceptors (Lipinski definition) is 6. The molecular formula is C17H17N5O3. The molecule has 0 spiro atoms. The van der Waals surface area contributed by atoms with Crippen LogP contribution in [0.1, 0.15) is 27.4 Å². The van der Waals surface area contributed by atoms with Crippen LogP contribution in [0.3, 0.4) is 0 Å². The highest BCUT2D eigenvalue weighted by molar-refractivity contribution is 5.95. The number of ether oxygens (including phenoxy) is 1.